The van der Waals surface area contributed by atoms with Crippen LogP contribution in [-0.2, 0) is 75.7 Å². The summed E-state index contributed by atoms with van der Waals surface area (Å²) in [7, 11) is -21.1. The number of hydrogen-bond donors (Lipinski definition) is 8. The lowest BCUT2D eigenvalue weighted by Gasteiger charge is -2.35. The lowest BCUT2D eigenvalue weighted by Crippen LogP contribution is -2.47. The summed E-state index contributed by atoms with van der Waals surface area (Å²) in [6.07, 6.45) is -15.4. The first-order chi connectivity index (χ1) is 35.7. The van der Waals surface area contributed by atoms with Crippen molar-refractivity contribution in [3.05, 3.63) is 46.0 Å². The van der Waals surface area contributed by atoms with Crippen molar-refractivity contribution in [1.82, 2.24) is 53.6 Å². The largest absolute Gasteiger partial charge is 0.756 e. The zero-order valence-electron chi connectivity index (χ0n) is 38.8. The molecule has 0 aliphatic carbocycles. The lowest BCUT2D eigenvalue weighted by molar-refractivity contribution is -0.746. The number of hydrogen-bond acceptors (Lipinski definition) is 33. The van der Waals surface area contributed by atoms with Crippen LogP contribution >= 0.6 is 31.3 Å². The van der Waals surface area contributed by atoms with Gasteiger partial charge in [0.25, 0.3) is 48.4 Å². The fourth-order valence-electron chi connectivity index (χ4n) is 8.50. The highest BCUT2D eigenvalue weighted by molar-refractivity contribution is 7.65. The van der Waals surface area contributed by atoms with Gasteiger partial charge in [-0.25, -0.2) is 33.1 Å². The number of fused-ring (bicyclic) bond motifs is 3. The molecular formula is C33H42N15O24P4-3. The van der Waals surface area contributed by atoms with Gasteiger partial charge < -0.3 is 93.9 Å². The Morgan fingerprint density at radius 2 is 1.24 bits per heavy atom. The Bertz CT molecular complexity index is 3490. The second-order valence-electron chi connectivity index (χ2n) is 16.6. The van der Waals surface area contributed by atoms with Crippen LogP contribution in [0.5, 0.6) is 0 Å². The van der Waals surface area contributed by atoms with Crippen LogP contribution in [0.1, 0.15) is 18.7 Å². The van der Waals surface area contributed by atoms with Gasteiger partial charge in [0.2, 0.25) is 17.7 Å². The van der Waals surface area contributed by atoms with Crippen LogP contribution in [0.4, 0.5) is 17.7 Å². The molecule has 6 aromatic heterocycles. The molecule has 11 N–H and O–H groups in total. The summed E-state index contributed by atoms with van der Waals surface area (Å²) in [5.74, 6) is -0.728. The molecule has 6 aromatic rings. The number of aromatic nitrogens is 12. The SMILES string of the molecule is COC1[C@@H](OP(=O)([O-])OC[C@H]2O[C@@H](n3cnc4c(=O)[nH]c(N)nc43)C(O)[C@H]2O)[C@@H](COP(=O)([O-])OP(=O)([O-])OP(=O)([O-])OC[C@H]2O[C@@H]([n+]3cn(C)c4c(=O)[nH]c(N)nc43)C(OC)[C@H]2O)O[C@H]1n1cnc2c(N)ncnc21. The molecule has 7 unspecified atom stereocenters. The summed E-state index contributed by atoms with van der Waals surface area (Å²) < 4.78 is 113. The van der Waals surface area contributed by atoms with Gasteiger partial charge in [0.05, 0.1) is 39.5 Å². The number of nitrogens with one attached hydrogen (secondary N) is 2. The normalized spacial score (nSPS) is 30.2. The van der Waals surface area contributed by atoms with E-state index in [9.17, 15) is 62.7 Å². The van der Waals surface area contributed by atoms with Crippen LogP contribution in [0, 0.1) is 0 Å². The minimum atomic E-state index is -6.57. The Morgan fingerprint density at radius 3 is 1.89 bits per heavy atom. The number of H-pyrrole nitrogens is 2. The number of aliphatic hydroxyl groups excluding tert-OH is 3. The van der Waals surface area contributed by atoms with Crippen molar-refractivity contribution in [1.29, 1.82) is 0 Å². The van der Waals surface area contributed by atoms with Crippen molar-refractivity contribution in [2.45, 2.75) is 73.6 Å². The van der Waals surface area contributed by atoms with Crippen molar-refractivity contribution in [3.63, 3.8) is 0 Å². The van der Waals surface area contributed by atoms with E-state index in [-0.39, 0.29) is 51.2 Å². The first-order valence-electron chi connectivity index (χ1n) is 21.5. The molecule has 0 amide bonds. The van der Waals surface area contributed by atoms with Crippen LogP contribution in [0.2, 0.25) is 0 Å². The van der Waals surface area contributed by atoms with Crippen LogP contribution in [-0.4, -0.2) is 158 Å². The highest BCUT2D eigenvalue weighted by atomic mass is 31.3. The fourth-order valence-corrected chi connectivity index (χ4v) is 12.8. The Kier molecular flexibility index (Phi) is 15.3. The number of methoxy groups -OCH3 is 2. The number of aliphatic hydroxyl groups is 3. The van der Waals surface area contributed by atoms with E-state index in [4.69, 9.17) is 54.5 Å². The topological polar surface area (TPSA) is 563 Å². The Balaban J connectivity index is 0.865. The van der Waals surface area contributed by atoms with Gasteiger partial charge in [0.1, 0.15) is 66.8 Å². The second-order valence-corrected chi connectivity index (χ2v) is 22.5. The van der Waals surface area contributed by atoms with Gasteiger partial charge >= 0.3 is 5.65 Å². The van der Waals surface area contributed by atoms with Gasteiger partial charge in [-0.05, 0) is 0 Å². The number of nitrogens with two attached hydrogens (primary N) is 3. The number of rotatable bonds is 20. The first kappa shape index (κ1) is 55.6. The monoisotopic (exact) mass is 1160 g/mol. The highest BCUT2D eigenvalue weighted by Gasteiger charge is 2.52. The van der Waals surface area contributed by atoms with Crippen molar-refractivity contribution in [2.24, 2.45) is 7.05 Å². The smallest absolute Gasteiger partial charge is 0.313 e. The molecule has 3 aliphatic rings. The predicted octanol–water partition coefficient (Wildman–Crippen LogP) is -6.58. The zero-order valence-corrected chi connectivity index (χ0v) is 42.3. The molecule has 3 saturated heterocycles. The zero-order chi connectivity index (χ0) is 55.0. The standard InChI is InChI=1S/C33H45N15O24P4/c1-45-10-48(26-16(45)28(53)44-33(36)42-26)30-21(62-2)18(50)12(68-30)5-65-74(56,57)71-76(60,61)72-75(58,59)66-6-13-20(22(63-3)31(69-13)46-8-39-14-23(34)37-7-38-24(14)46)70-73(54,55)64-4-11-17(49)19(51)29(67-11)47-9-40-15-25(47)41-32(35)43-27(15)52/h7-13,17-22,29-31,49-51H,4-6H2,1-3H3,(H11-,34,35,36,37,38,41,42,43,44,52,53,54,55,56,57,58,59,60,61)/p-3/t11-,12-,13-,17+,18+,19?,20+,21?,22?,29-,30-,31-/m1/s1. The molecule has 0 saturated carbocycles. The summed E-state index contributed by atoms with van der Waals surface area (Å²) in [5, 5.41) is 32.6. The van der Waals surface area contributed by atoms with E-state index < -0.39 is 136 Å². The molecule has 43 heteroatoms. The Hall–Kier alpha value is -5.15. The van der Waals surface area contributed by atoms with Gasteiger partial charge in [-0.1, -0.05) is 4.98 Å². The maximum Gasteiger partial charge on any atom is 0.313 e. The average molecular weight is 1160 g/mol. The number of anilines is 3. The number of aryl methyl sites for hydroxylation is 1. The van der Waals surface area contributed by atoms with Crippen LogP contribution in [0.3, 0.4) is 0 Å². The molecule has 0 spiro atoms. The van der Waals surface area contributed by atoms with E-state index in [1.807, 2.05) is 0 Å². The van der Waals surface area contributed by atoms with E-state index >= 15 is 0 Å². The summed E-state index contributed by atoms with van der Waals surface area (Å²) in [6.45, 7) is -3.63. The first-order valence-corrected chi connectivity index (χ1v) is 27.3. The van der Waals surface area contributed by atoms with Crippen molar-refractivity contribution in [3.8, 4) is 0 Å². The molecule has 0 aromatic carbocycles. The molecule has 0 radical (unpaired) electrons. The van der Waals surface area contributed by atoms with E-state index in [0.29, 0.717) is 0 Å². The van der Waals surface area contributed by atoms with E-state index in [2.05, 4.69) is 53.0 Å². The average Bonchev–Trinajstić information content (AvgIpc) is 4.21. The van der Waals surface area contributed by atoms with E-state index in [0.717, 1.165) is 42.3 Å². The number of aromatic amines is 2. The predicted molar refractivity (Wildman–Crippen MR) is 235 cm³/mol. The molecule has 16 atom stereocenters. The number of imidazole rings is 3. The van der Waals surface area contributed by atoms with Gasteiger partial charge in [0, 0.05) is 14.2 Å². The maximum atomic E-state index is 13.6. The van der Waals surface area contributed by atoms with Gasteiger partial charge in [-0.3, -0.25) is 51.5 Å². The summed E-state index contributed by atoms with van der Waals surface area (Å²) in [5.41, 5.74) is 15.4. The van der Waals surface area contributed by atoms with Crippen LogP contribution in [0.15, 0.2) is 34.9 Å². The molecule has 39 nitrogen and oxygen atoms in total. The van der Waals surface area contributed by atoms with Crippen molar-refractivity contribution < 1.29 is 108 Å². The van der Waals surface area contributed by atoms with Gasteiger partial charge in [0.15, 0.2) is 41.4 Å². The molecule has 0 bridgehead atoms. The number of ether oxygens (including phenoxy) is 5. The molecular weight excluding hydrogens is 1110 g/mol. The third kappa shape index (κ3) is 11.0. The Morgan fingerprint density at radius 1 is 0.671 bits per heavy atom. The molecule has 76 heavy (non-hydrogen) atoms. The molecule has 9 rings (SSSR count). The van der Waals surface area contributed by atoms with E-state index in [1.165, 1.54) is 22.5 Å². The third-order valence-corrected chi connectivity index (χ3v) is 16.9. The molecule has 3 fully saturated rings. The molecule has 3 aliphatic heterocycles. The van der Waals surface area contributed by atoms with Crippen LogP contribution < -0.4 is 52.5 Å². The van der Waals surface area contributed by atoms with Crippen molar-refractivity contribution in [2.75, 3.05) is 51.2 Å². The number of phosphoric ester groups is 3. The highest BCUT2D eigenvalue weighted by Crippen LogP contribution is 2.63. The van der Waals surface area contributed by atoms with Crippen molar-refractivity contribution >= 4 is 82.5 Å². The number of phosphoric acid groups is 4. The number of nitrogens with zero attached hydrogens (tertiary/aromatic N) is 10. The Labute approximate surface area is 421 Å². The molecule has 416 valence electrons. The van der Waals surface area contributed by atoms with Gasteiger partial charge in [-0.2, -0.15) is 4.98 Å². The third-order valence-electron chi connectivity index (χ3n) is 11.8. The summed E-state index contributed by atoms with van der Waals surface area (Å²) in [4.78, 5) is 106. The summed E-state index contributed by atoms with van der Waals surface area (Å²) in [6, 6.07) is 0. The quantitative estimate of drug-likeness (QED) is 0.0260. The minimum absolute atomic E-state index is 0.0140. The fraction of sp³-hybridized carbons (Fsp3) is 0.545. The maximum absolute atomic E-state index is 13.6. The second kappa shape index (κ2) is 20.9. The summed E-state index contributed by atoms with van der Waals surface area (Å²) >= 11 is 0. The van der Waals surface area contributed by atoms with E-state index in [1.54, 1.807) is 0 Å². The minimum Gasteiger partial charge on any atom is -0.756 e. The lowest BCUT2D eigenvalue weighted by atomic mass is 10.1. The van der Waals surface area contributed by atoms with Gasteiger partial charge in [-0.15, -0.1) is 0 Å². The number of nitrogen functional groups attached to an aromatic ring is 3. The van der Waals surface area contributed by atoms with Crippen LogP contribution in [0.25, 0.3) is 33.5 Å². The molecule has 9 heterocycles.